The molecule has 144 valence electrons. The molecule has 7 heteroatoms. The quantitative estimate of drug-likeness (QED) is 0.747. The predicted octanol–water partition coefficient (Wildman–Crippen LogP) is 1.75. The number of aromatic nitrogens is 2. The third-order valence-corrected chi connectivity index (χ3v) is 4.96. The Labute approximate surface area is 159 Å². The molecule has 0 atom stereocenters. The second kappa shape index (κ2) is 8.24. The molecule has 0 radical (unpaired) electrons. The van der Waals surface area contributed by atoms with E-state index in [-0.39, 0.29) is 18.7 Å². The van der Waals surface area contributed by atoms with Crippen molar-refractivity contribution in [1.29, 1.82) is 0 Å². The van der Waals surface area contributed by atoms with Crippen LogP contribution in [0.1, 0.15) is 18.1 Å². The number of nitrogens with zero attached hydrogens (tertiary/aromatic N) is 4. The Hall–Kier alpha value is -2.83. The molecule has 1 aliphatic heterocycles. The molecule has 0 aliphatic carbocycles. The highest BCUT2D eigenvalue weighted by molar-refractivity contribution is 5.69. The molecule has 0 unspecified atom stereocenters. The molecule has 0 saturated carbocycles. The second-order valence-corrected chi connectivity index (χ2v) is 6.69. The van der Waals surface area contributed by atoms with E-state index in [4.69, 9.17) is 4.74 Å². The Morgan fingerprint density at radius 3 is 2.48 bits per heavy atom. The smallest absolute Gasteiger partial charge is 0.327 e. The number of piperazine rings is 1. The van der Waals surface area contributed by atoms with E-state index in [2.05, 4.69) is 46.9 Å². The lowest BCUT2D eigenvalue weighted by Gasteiger charge is -2.37. The van der Waals surface area contributed by atoms with Gasteiger partial charge in [-0.2, -0.15) is 5.10 Å². The molecular weight excluding hydrogens is 344 g/mol. The SMILES string of the molecule is CCOC(=O)Cn1nc(N2CCN(c3cccc(C)c3C)CC2)ccc1=O. The maximum atomic E-state index is 12.0. The molecule has 1 saturated heterocycles. The zero-order valence-corrected chi connectivity index (χ0v) is 16.1. The van der Waals surface area contributed by atoms with Crippen LogP contribution in [0.25, 0.3) is 0 Å². The predicted molar refractivity (Wildman–Crippen MR) is 105 cm³/mol. The van der Waals surface area contributed by atoms with Gasteiger partial charge < -0.3 is 14.5 Å². The van der Waals surface area contributed by atoms with Gasteiger partial charge in [-0.3, -0.25) is 9.59 Å². The molecule has 27 heavy (non-hydrogen) atoms. The molecule has 1 aromatic heterocycles. The van der Waals surface area contributed by atoms with Crippen molar-refractivity contribution in [2.75, 3.05) is 42.6 Å². The Balaban J connectivity index is 1.70. The summed E-state index contributed by atoms with van der Waals surface area (Å²) < 4.78 is 6.08. The van der Waals surface area contributed by atoms with Crippen LogP contribution in [-0.2, 0) is 16.1 Å². The molecule has 1 fully saturated rings. The van der Waals surface area contributed by atoms with Crippen LogP contribution in [0.2, 0.25) is 0 Å². The summed E-state index contributed by atoms with van der Waals surface area (Å²) in [5, 5.41) is 4.36. The number of carbonyl (C=O) groups excluding carboxylic acids is 1. The van der Waals surface area contributed by atoms with Crippen LogP contribution < -0.4 is 15.4 Å². The van der Waals surface area contributed by atoms with E-state index >= 15 is 0 Å². The van der Waals surface area contributed by atoms with Gasteiger partial charge in [0, 0.05) is 37.9 Å². The molecule has 2 aromatic rings. The number of carbonyl (C=O) groups is 1. The average molecular weight is 370 g/mol. The van der Waals surface area contributed by atoms with Gasteiger partial charge in [0.2, 0.25) is 0 Å². The molecule has 1 aromatic carbocycles. The highest BCUT2D eigenvalue weighted by Gasteiger charge is 2.20. The number of benzene rings is 1. The summed E-state index contributed by atoms with van der Waals surface area (Å²) in [6, 6.07) is 9.56. The number of ether oxygens (including phenoxy) is 1. The van der Waals surface area contributed by atoms with Gasteiger partial charge in [0.05, 0.1) is 6.61 Å². The first-order valence-corrected chi connectivity index (χ1v) is 9.29. The van der Waals surface area contributed by atoms with Crippen LogP contribution in [-0.4, -0.2) is 48.5 Å². The number of esters is 1. The Bertz CT molecular complexity index is 870. The molecule has 2 heterocycles. The number of hydrogen-bond acceptors (Lipinski definition) is 6. The van der Waals surface area contributed by atoms with Crippen molar-refractivity contribution in [1.82, 2.24) is 9.78 Å². The first-order valence-electron chi connectivity index (χ1n) is 9.29. The van der Waals surface area contributed by atoms with Crippen LogP contribution in [0.4, 0.5) is 11.5 Å². The van der Waals surface area contributed by atoms with Gasteiger partial charge in [-0.1, -0.05) is 12.1 Å². The van der Waals surface area contributed by atoms with Crippen LogP contribution >= 0.6 is 0 Å². The summed E-state index contributed by atoms with van der Waals surface area (Å²) in [7, 11) is 0. The van der Waals surface area contributed by atoms with Crippen molar-refractivity contribution in [3.8, 4) is 0 Å². The van der Waals surface area contributed by atoms with Gasteiger partial charge in [-0.05, 0) is 44.0 Å². The third kappa shape index (κ3) is 4.30. The van der Waals surface area contributed by atoms with E-state index in [1.807, 2.05) is 0 Å². The zero-order chi connectivity index (χ0) is 19.4. The fourth-order valence-electron chi connectivity index (χ4n) is 3.30. The van der Waals surface area contributed by atoms with Gasteiger partial charge in [-0.25, -0.2) is 4.68 Å². The Morgan fingerprint density at radius 1 is 1.07 bits per heavy atom. The summed E-state index contributed by atoms with van der Waals surface area (Å²) in [5.74, 6) is 0.253. The summed E-state index contributed by atoms with van der Waals surface area (Å²) in [4.78, 5) is 28.2. The first-order chi connectivity index (χ1) is 13.0. The molecule has 0 bridgehead atoms. The Kier molecular flexibility index (Phi) is 5.78. The maximum Gasteiger partial charge on any atom is 0.327 e. The van der Waals surface area contributed by atoms with Gasteiger partial charge in [0.15, 0.2) is 0 Å². The van der Waals surface area contributed by atoms with Crippen molar-refractivity contribution in [3.63, 3.8) is 0 Å². The summed E-state index contributed by atoms with van der Waals surface area (Å²) in [5.41, 5.74) is 3.57. The highest BCUT2D eigenvalue weighted by atomic mass is 16.5. The molecule has 0 amide bonds. The van der Waals surface area contributed by atoms with E-state index < -0.39 is 5.97 Å². The van der Waals surface area contributed by atoms with Crippen molar-refractivity contribution in [2.45, 2.75) is 27.3 Å². The van der Waals surface area contributed by atoms with Crippen LogP contribution in [0.3, 0.4) is 0 Å². The minimum atomic E-state index is -0.455. The summed E-state index contributed by atoms with van der Waals surface area (Å²) in [6.07, 6.45) is 0. The van der Waals surface area contributed by atoms with Crippen LogP contribution in [0.15, 0.2) is 35.1 Å². The van der Waals surface area contributed by atoms with Gasteiger partial charge >= 0.3 is 5.97 Å². The lowest BCUT2D eigenvalue weighted by Crippen LogP contribution is -2.47. The minimum Gasteiger partial charge on any atom is -0.465 e. The zero-order valence-electron chi connectivity index (χ0n) is 16.1. The van der Waals surface area contributed by atoms with E-state index in [9.17, 15) is 9.59 Å². The lowest BCUT2D eigenvalue weighted by atomic mass is 10.1. The van der Waals surface area contributed by atoms with Crippen LogP contribution in [0, 0.1) is 13.8 Å². The lowest BCUT2D eigenvalue weighted by molar-refractivity contribution is -0.144. The van der Waals surface area contributed by atoms with E-state index in [1.165, 1.54) is 27.6 Å². The summed E-state index contributed by atoms with van der Waals surface area (Å²) in [6.45, 7) is 9.51. The monoisotopic (exact) mass is 370 g/mol. The van der Waals surface area contributed by atoms with Gasteiger partial charge in [-0.15, -0.1) is 0 Å². The first kappa shape index (κ1) is 18.9. The molecule has 3 rings (SSSR count). The summed E-state index contributed by atoms with van der Waals surface area (Å²) >= 11 is 0. The molecule has 1 aliphatic rings. The second-order valence-electron chi connectivity index (χ2n) is 6.69. The molecule has 0 N–H and O–H groups in total. The van der Waals surface area contributed by atoms with Crippen molar-refractivity contribution >= 4 is 17.5 Å². The Morgan fingerprint density at radius 2 is 1.78 bits per heavy atom. The van der Waals surface area contributed by atoms with Crippen LogP contribution in [0.5, 0.6) is 0 Å². The highest BCUT2D eigenvalue weighted by Crippen LogP contribution is 2.24. The number of hydrogen-bond donors (Lipinski definition) is 0. The number of aryl methyl sites for hydroxylation is 1. The van der Waals surface area contributed by atoms with E-state index in [1.54, 1.807) is 13.0 Å². The van der Waals surface area contributed by atoms with Crippen molar-refractivity contribution < 1.29 is 9.53 Å². The largest absolute Gasteiger partial charge is 0.465 e. The number of anilines is 2. The fourth-order valence-corrected chi connectivity index (χ4v) is 3.30. The fraction of sp³-hybridized carbons (Fsp3) is 0.450. The number of rotatable bonds is 5. The standard InChI is InChI=1S/C20H26N4O3/c1-4-27-20(26)14-24-19(25)9-8-18(21-24)23-12-10-22(11-13-23)17-7-5-6-15(2)16(17)3/h5-9H,4,10-14H2,1-3H3. The van der Waals surface area contributed by atoms with Gasteiger partial charge in [0.25, 0.3) is 5.56 Å². The van der Waals surface area contributed by atoms with Crippen molar-refractivity contribution in [2.24, 2.45) is 0 Å². The van der Waals surface area contributed by atoms with E-state index in [0.29, 0.717) is 5.82 Å². The average Bonchev–Trinajstić information content (AvgIpc) is 2.66. The van der Waals surface area contributed by atoms with E-state index in [0.717, 1.165) is 26.2 Å². The molecular formula is C20H26N4O3. The third-order valence-electron chi connectivity index (χ3n) is 4.96. The molecule has 7 nitrogen and oxygen atoms in total. The topological polar surface area (TPSA) is 67.7 Å². The van der Waals surface area contributed by atoms with Crippen molar-refractivity contribution in [3.05, 3.63) is 51.8 Å². The maximum absolute atomic E-state index is 12.0. The normalized spacial score (nSPS) is 14.3. The minimum absolute atomic E-state index is 0.164. The molecule has 0 spiro atoms. The van der Waals surface area contributed by atoms with Gasteiger partial charge in [0.1, 0.15) is 12.4 Å².